The van der Waals surface area contributed by atoms with Crippen molar-refractivity contribution in [2.45, 2.75) is 70.5 Å². The molecule has 0 saturated carbocycles. The molecule has 2 N–H and O–H groups in total. The molecule has 0 aromatic rings. The van der Waals surface area contributed by atoms with Crippen LogP contribution in [0.3, 0.4) is 0 Å². The minimum absolute atomic E-state index is 0.0815. The first-order chi connectivity index (χ1) is 14.3. The summed E-state index contributed by atoms with van der Waals surface area (Å²) in [6, 6.07) is -1.54. The van der Waals surface area contributed by atoms with Crippen molar-refractivity contribution < 1.29 is 44.8 Å². The summed E-state index contributed by atoms with van der Waals surface area (Å²) in [6.07, 6.45) is 0.552. The topological polar surface area (TPSA) is 132 Å². The highest BCUT2D eigenvalue weighted by molar-refractivity contribution is 7.87. The van der Waals surface area contributed by atoms with Crippen molar-refractivity contribution in [2.24, 2.45) is 16.8 Å². The third-order valence-electron chi connectivity index (χ3n) is 4.11. The normalized spacial score (nSPS) is 26.5. The first-order valence-corrected chi connectivity index (χ1v) is 10.9. The van der Waals surface area contributed by atoms with E-state index in [2.05, 4.69) is 20.0 Å². The molecule has 10 nitrogen and oxygen atoms in total. The predicted octanol–water partition coefficient (Wildman–Crippen LogP) is 1.54. The van der Waals surface area contributed by atoms with Crippen LogP contribution in [-0.2, 0) is 33.4 Å². The molecule has 2 aliphatic rings. The lowest BCUT2D eigenvalue weighted by Crippen LogP contribution is -2.49. The Balaban J connectivity index is 2.51. The van der Waals surface area contributed by atoms with Crippen molar-refractivity contribution in [1.29, 1.82) is 0 Å². The molecule has 0 aromatic carbocycles. The van der Waals surface area contributed by atoms with Crippen molar-refractivity contribution in [3.63, 3.8) is 0 Å². The monoisotopic (exact) mass is 485 g/mol. The average Bonchev–Trinajstić information content (AvgIpc) is 2.81. The predicted molar refractivity (Wildman–Crippen MR) is 105 cm³/mol. The smallest absolute Gasteiger partial charge is 0.460 e. The Hall–Kier alpha value is -2.19. The quantitative estimate of drug-likeness (QED) is 0.346. The van der Waals surface area contributed by atoms with Gasteiger partial charge in [-0.15, -0.1) is 0 Å². The number of nitrogens with one attached hydrogen (secondary N) is 2. The Morgan fingerprint density at radius 1 is 1.00 bits per heavy atom. The van der Waals surface area contributed by atoms with E-state index in [0.717, 1.165) is 6.21 Å². The van der Waals surface area contributed by atoms with Crippen LogP contribution in [0.2, 0.25) is 0 Å². The molecule has 0 bridgehead atoms. The number of esters is 2. The van der Waals surface area contributed by atoms with Crippen LogP contribution in [0, 0.1) is 11.8 Å². The van der Waals surface area contributed by atoms with E-state index >= 15 is 0 Å². The third-order valence-corrected chi connectivity index (χ3v) is 5.14. The van der Waals surface area contributed by atoms with E-state index in [4.69, 9.17) is 9.47 Å². The number of carbonyl (C=O) groups excluding carboxylic acids is 2. The van der Waals surface area contributed by atoms with E-state index in [1.165, 1.54) is 6.08 Å². The summed E-state index contributed by atoms with van der Waals surface area (Å²) in [4.78, 5) is 30.0. The van der Waals surface area contributed by atoms with E-state index < -0.39 is 62.9 Å². The minimum atomic E-state index is -6.03. The molecule has 0 radical (unpaired) electrons. The minimum Gasteiger partial charge on any atom is -0.460 e. The van der Waals surface area contributed by atoms with E-state index in [0.29, 0.717) is 0 Å². The zero-order valence-corrected chi connectivity index (χ0v) is 19.1. The van der Waals surface area contributed by atoms with Crippen molar-refractivity contribution in [3.05, 3.63) is 11.8 Å². The Bertz CT molecular complexity index is 918. The van der Waals surface area contributed by atoms with Gasteiger partial charge in [-0.3, -0.25) is 9.79 Å². The van der Waals surface area contributed by atoms with Gasteiger partial charge in [0.15, 0.2) is 12.3 Å². The molecule has 0 aliphatic carbocycles. The molecule has 0 amide bonds. The van der Waals surface area contributed by atoms with E-state index in [9.17, 15) is 31.2 Å². The van der Waals surface area contributed by atoms with Gasteiger partial charge in [0.25, 0.3) is 0 Å². The maximum Gasteiger partial charge on any atom is 0.523 e. The Morgan fingerprint density at radius 2 is 1.53 bits per heavy atom. The Labute approximate surface area is 183 Å². The van der Waals surface area contributed by atoms with Gasteiger partial charge in [-0.2, -0.15) is 21.6 Å². The molecule has 32 heavy (non-hydrogen) atoms. The van der Waals surface area contributed by atoms with Crippen LogP contribution < -0.4 is 10.9 Å². The van der Waals surface area contributed by atoms with Gasteiger partial charge in [-0.1, -0.05) is 0 Å². The second kappa shape index (κ2) is 8.63. The molecular weight excluding hydrogens is 459 g/mol. The van der Waals surface area contributed by atoms with Gasteiger partial charge in [-0.05, 0) is 47.6 Å². The molecule has 0 aromatic heterocycles. The van der Waals surface area contributed by atoms with Crippen LogP contribution in [0.15, 0.2) is 16.8 Å². The first-order valence-electron chi connectivity index (χ1n) is 9.52. The molecule has 0 spiro atoms. The molecule has 1 fully saturated rings. The van der Waals surface area contributed by atoms with Gasteiger partial charge in [0.2, 0.25) is 0 Å². The summed E-state index contributed by atoms with van der Waals surface area (Å²) >= 11 is 0. The first kappa shape index (κ1) is 26.1. The molecule has 2 aliphatic heterocycles. The van der Waals surface area contributed by atoms with Gasteiger partial charge < -0.3 is 14.9 Å². The summed E-state index contributed by atoms with van der Waals surface area (Å²) in [5.74, 6) is -4.90. The van der Waals surface area contributed by atoms with Crippen molar-refractivity contribution >= 4 is 28.3 Å². The standard InChI is InChI=1S/C18H26F3N3O7S/c1-16(2,3)29-14(25)11-10-9(7-8-22-12(11)15(26)30-17(4,5)6)23-24-13(10)31-32(27,28)18(19,20)21/h7-8,10-13,23-24H,1-6H3. The Morgan fingerprint density at radius 3 is 2.03 bits per heavy atom. The number of carbonyl (C=O) groups is 2. The number of rotatable bonds is 4. The van der Waals surface area contributed by atoms with Crippen LogP contribution >= 0.6 is 0 Å². The number of hydrazine groups is 1. The number of halogens is 3. The maximum atomic E-state index is 13.1. The van der Waals surface area contributed by atoms with Crippen molar-refractivity contribution in [1.82, 2.24) is 10.9 Å². The van der Waals surface area contributed by atoms with Crippen LogP contribution in [0.25, 0.3) is 0 Å². The third kappa shape index (κ3) is 6.19. The summed E-state index contributed by atoms with van der Waals surface area (Å²) in [5, 5.41) is 0. The van der Waals surface area contributed by atoms with E-state index in [-0.39, 0.29) is 5.70 Å². The molecule has 2 heterocycles. The fraction of sp³-hybridized carbons (Fsp3) is 0.722. The number of hydrogen-bond acceptors (Lipinski definition) is 10. The van der Waals surface area contributed by atoms with Crippen molar-refractivity contribution in [3.8, 4) is 0 Å². The fourth-order valence-corrected chi connectivity index (χ4v) is 3.57. The summed E-state index contributed by atoms with van der Waals surface area (Å²) in [5.41, 5.74) is -2.86. The van der Waals surface area contributed by atoms with Crippen LogP contribution in [-0.4, -0.2) is 55.6 Å². The number of fused-ring (bicyclic) bond motifs is 1. The summed E-state index contributed by atoms with van der Waals surface area (Å²) in [7, 11) is -6.03. The molecule has 182 valence electrons. The lowest BCUT2D eigenvalue weighted by molar-refractivity contribution is -0.171. The molecule has 4 unspecified atom stereocenters. The highest BCUT2D eigenvalue weighted by Crippen LogP contribution is 2.37. The number of hydrogen-bond donors (Lipinski definition) is 2. The number of allylic oxidation sites excluding steroid dienone is 1. The molecule has 4 atom stereocenters. The van der Waals surface area contributed by atoms with Gasteiger partial charge in [0, 0.05) is 11.9 Å². The van der Waals surface area contributed by atoms with Crippen LogP contribution in [0.1, 0.15) is 41.5 Å². The fourth-order valence-electron chi connectivity index (χ4n) is 3.02. The number of alkyl halides is 3. The largest absolute Gasteiger partial charge is 0.523 e. The lowest BCUT2D eigenvalue weighted by atomic mass is 9.83. The maximum absolute atomic E-state index is 13.1. The highest BCUT2D eigenvalue weighted by Gasteiger charge is 2.55. The van der Waals surface area contributed by atoms with Gasteiger partial charge in [0.1, 0.15) is 17.1 Å². The second-order valence-corrected chi connectivity index (χ2v) is 10.7. The second-order valence-electron chi connectivity index (χ2n) is 9.17. The SMILES string of the molecule is CC(C)(C)OC(=O)C1N=CC=C2NNC(OS(=O)(=O)C(F)(F)F)C2C1C(=O)OC(C)(C)C. The molecule has 14 heteroatoms. The van der Waals surface area contributed by atoms with Crippen LogP contribution in [0.4, 0.5) is 13.2 Å². The molecular formula is C18H26F3N3O7S. The van der Waals surface area contributed by atoms with Gasteiger partial charge in [0.05, 0.1) is 5.92 Å². The highest BCUT2D eigenvalue weighted by atomic mass is 32.2. The van der Waals surface area contributed by atoms with Gasteiger partial charge >= 0.3 is 27.6 Å². The van der Waals surface area contributed by atoms with Gasteiger partial charge in [-0.25, -0.2) is 14.4 Å². The van der Waals surface area contributed by atoms with Crippen LogP contribution in [0.5, 0.6) is 0 Å². The molecule has 1 saturated heterocycles. The number of nitrogens with zero attached hydrogens (tertiary/aromatic N) is 1. The zero-order valence-electron chi connectivity index (χ0n) is 18.3. The van der Waals surface area contributed by atoms with Crippen molar-refractivity contribution in [2.75, 3.05) is 0 Å². The Kier molecular flexibility index (Phi) is 7.03. The van der Waals surface area contributed by atoms with E-state index in [1.807, 2.05) is 0 Å². The summed E-state index contributed by atoms with van der Waals surface area (Å²) in [6.45, 7) is 9.40. The lowest BCUT2D eigenvalue weighted by Gasteiger charge is -2.32. The number of aliphatic imine (C=N–C) groups is 1. The summed E-state index contributed by atoms with van der Waals surface area (Å²) < 4.78 is 76.9. The average molecular weight is 485 g/mol. The van der Waals surface area contributed by atoms with E-state index in [1.54, 1.807) is 41.5 Å². The zero-order chi connectivity index (χ0) is 24.7. The number of ether oxygens (including phenoxy) is 2. The molecule has 2 rings (SSSR count).